The van der Waals surface area contributed by atoms with Gasteiger partial charge in [0.1, 0.15) is 5.69 Å². The summed E-state index contributed by atoms with van der Waals surface area (Å²) in [6, 6.07) is 7.12. The zero-order chi connectivity index (χ0) is 20.4. The summed E-state index contributed by atoms with van der Waals surface area (Å²) in [6.07, 6.45) is 3.33. The lowest BCUT2D eigenvalue weighted by atomic mass is 10.1. The number of thioether (sulfide) groups is 1. The molecule has 11 heteroatoms. The van der Waals surface area contributed by atoms with Crippen molar-refractivity contribution in [3.8, 4) is 0 Å². The Bertz CT molecular complexity index is 1060. The Kier molecular flexibility index (Phi) is 5.32. The molecule has 10 nitrogen and oxygen atoms in total. The Labute approximate surface area is 170 Å². The monoisotopic (exact) mass is 413 g/mol. The van der Waals surface area contributed by atoms with Gasteiger partial charge in [0.15, 0.2) is 5.16 Å². The first-order chi connectivity index (χ1) is 14.0. The van der Waals surface area contributed by atoms with Crippen LogP contribution in [0, 0.1) is 0 Å². The van der Waals surface area contributed by atoms with Gasteiger partial charge in [-0.3, -0.25) is 14.0 Å². The smallest absolute Gasteiger partial charge is 0.268 e. The molecule has 1 aliphatic rings. The lowest BCUT2D eigenvalue weighted by molar-refractivity contribution is 0.0303. The molecule has 2 aromatic heterocycles. The van der Waals surface area contributed by atoms with Crippen molar-refractivity contribution in [2.75, 3.05) is 37.9 Å². The lowest BCUT2D eigenvalue weighted by Crippen LogP contribution is -2.40. The predicted octanol–water partition coefficient (Wildman–Crippen LogP) is 1.16. The van der Waals surface area contributed by atoms with Crippen LogP contribution in [-0.2, 0) is 4.74 Å². The summed E-state index contributed by atoms with van der Waals surface area (Å²) >= 11 is 1.36. The van der Waals surface area contributed by atoms with Crippen molar-refractivity contribution in [1.82, 2.24) is 24.3 Å². The third kappa shape index (κ3) is 4.00. The molecule has 0 unspecified atom stereocenters. The number of imidazole rings is 1. The fourth-order valence-corrected chi connectivity index (χ4v) is 3.28. The Morgan fingerprint density at radius 2 is 1.86 bits per heavy atom. The van der Waals surface area contributed by atoms with E-state index in [1.54, 1.807) is 33.6 Å². The molecule has 0 radical (unpaired) electrons. The van der Waals surface area contributed by atoms with Gasteiger partial charge in [0, 0.05) is 30.5 Å². The van der Waals surface area contributed by atoms with Crippen molar-refractivity contribution in [3.63, 3.8) is 0 Å². The predicted molar refractivity (Wildman–Crippen MR) is 108 cm³/mol. The summed E-state index contributed by atoms with van der Waals surface area (Å²) in [5, 5.41) is 3.68. The van der Waals surface area contributed by atoms with Gasteiger partial charge in [0.2, 0.25) is 11.7 Å². The molecule has 1 fully saturated rings. The largest absolute Gasteiger partial charge is 0.378 e. The summed E-state index contributed by atoms with van der Waals surface area (Å²) in [6.45, 7) is 2.31. The number of hydrogen-bond donors (Lipinski definition) is 2. The molecule has 0 aliphatic carbocycles. The average molecular weight is 413 g/mol. The van der Waals surface area contributed by atoms with Gasteiger partial charge in [-0.1, -0.05) is 11.8 Å². The van der Waals surface area contributed by atoms with Crippen LogP contribution in [0.5, 0.6) is 0 Å². The van der Waals surface area contributed by atoms with E-state index < -0.39 is 5.91 Å². The fourth-order valence-electron chi connectivity index (χ4n) is 2.93. The number of ether oxygens (including phenoxy) is 1. The number of nitrogens with one attached hydrogen (secondary N) is 1. The number of fused-ring (bicyclic) bond motifs is 1. The number of benzene rings is 1. The zero-order valence-electron chi connectivity index (χ0n) is 15.7. The number of hydrogen-bond acceptors (Lipinski definition) is 8. The molecule has 0 saturated carbocycles. The molecule has 2 amide bonds. The van der Waals surface area contributed by atoms with Gasteiger partial charge in [-0.15, -0.1) is 0 Å². The maximum Gasteiger partial charge on any atom is 0.268 e. The average Bonchev–Trinajstić information content (AvgIpc) is 3.19. The van der Waals surface area contributed by atoms with Gasteiger partial charge in [0.05, 0.1) is 13.2 Å². The third-order valence-corrected chi connectivity index (χ3v) is 4.98. The van der Waals surface area contributed by atoms with Crippen LogP contribution < -0.4 is 11.1 Å². The summed E-state index contributed by atoms with van der Waals surface area (Å²) in [5.41, 5.74) is 6.76. The summed E-state index contributed by atoms with van der Waals surface area (Å²) in [5.74, 6) is 0.0964. The van der Waals surface area contributed by atoms with Gasteiger partial charge >= 0.3 is 0 Å². The number of rotatable bonds is 5. The van der Waals surface area contributed by atoms with Crippen molar-refractivity contribution < 1.29 is 14.3 Å². The van der Waals surface area contributed by atoms with Crippen LogP contribution in [-0.4, -0.2) is 68.6 Å². The second-order valence-electron chi connectivity index (χ2n) is 6.30. The molecule has 4 rings (SSSR count). The number of carbonyl (C=O) groups excluding carboxylic acids is 2. The topological polar surface area (TPSA) is 128 Å². The van der Waals surface area contributed by atoms with Gasteiger partial charge in [0.25, 0.3) is 11.8 Å². The van der Waals surface area contributed by atoms with E-state index in [-0.39, 0.29) is 11.6 Å². The molecule has 3 aromatic rings. The number of nitrogens with two attached hydrogens (primary N) is 1. The maximum absolute atomic E-state index is 12.6. The second kappa shape index (κ2) is 8.05. The number of anilines is 2. The minimum Gasteiger partial charge on any atom is -0.378 e. The molecule has 0 atom stereocenters. The van der Waals surface area contributed by atoms with Crippen LogP contribution in [0.25, 0.3) is 5.78 Å². The summed E-state index contributed by atoms with van der Waals surface area (Å²) in [4.78, 5) is 38.7. The first-order valence-electron chi connectivity index (χ1n) is 8.90. The van der Waals surface area contributed by atoms with E-state index in [4.69, 9.17) is 10.5 Å². The molecule has 3 heterocycles. The van der Waals surface area contributed by atoms with Crippen LogP contribution in [0.3, 0.4) is 0 Å². The summed E-state index contributed by atoms with van der Waals surface area (Å²) in [7, 11) is 0. The molecular formula is C18H19N7O3S. The van der Waals surface area contributed by atoms with E-state index in [0.717, 1.165) is 5.69 Å². The second-order valence-corrected chi connectivity index (χ2v) is 7.07. The van der Waals surface area contributed by atoms with E-state index in [1.165, 1.54) is 18.0 Å². The van der Waals surface area contributed by atoms with Crippen LogP contribution in [0.1, 0.15) is 20.8 Å². The zero-order valence-corrected chi connectivity index (χ0v) is 16.5. The first kappa shape index (κ1) is 19.2. The number of primary amides is 1. The Morgan fingerprint density at radius 3 is 2.52 bits per heavy atom. The molecule has 150 valence electrons. The Morgan fingerprint density at radius 1 is 1.14 bits per heavy atom. The maximum atomic E-state index is 12.6. The van der Waals surface area contributed by atoms with E-state index in [9.17, 15) is 9.59 Å². The summed E-state index contributed by atoms with van der Waals surface area (Å²) < 4.78 is 6.85. The van der Waals surface area contributed by atoms with Crippen LogP contribution in [0.4, 0.5) is 11.6 Å². The number of morpholine rings is 1. The van der Waals surface area contributed by atoms with E-state index in [1.807, 2.05) is 6.26 Å². The quantitative estimate of drug-likeness (QED) is 0.597. The van der Waals surface area contributed by atoms with Crippen molar-refractivity contribution in [1.29, 1.82) is 0 Å². The molecule has 29 heavy (non-hydrogen) atoms. The highest BCUT2D eigenvalue weighted by atomic mass is 32.2. The molecule has 1 aliphatic heterocycles. The number of carbonyl (C=O) groups is 2. The molecule has 1 aromatic carbocycles. The third-order valence-electron chi connectivity index (χ3n) is 4.43. The van der Waals surface area contributed by atoms with Crippen molar-refractivity contribution >= 4 is 41.0 Å². The van der Waals surface area contributed by atoms with Crippen LogP contribution >= 0.6 is 11.8 Å². The number of nitrogens with zero attached hydrogens (tertiary/aromatic N) is 5. The first-order valence-corrected chi connectivity index (χ1v) is 10.1. The van der Waals surface area contributed by atoms with E-state index >= 15 is 0 Å². The molecule has 1 saturated heterocycles. The molecule has 0 spiro atoms. The van der Waals surface area contributed by atoms with Gasteiger partial charge < -0.3 is 20.7 Å². The lowest BCUT2D eigenvalue weighted by Gasteiger charge is -2.26. The van der Waals surface area contributed by atoms with Crippen molar-refractivity contribution in [3.05, 3.63) is 41.7 Å². The Hall–Kier alpha value is -3.18. The standard InChI is InChI=1S/C18H19N7O3S/c1-29-18-22-16(25-10-13(14(19)26)21-17(25)23-18)20-12-4-2-11(3-5-12)15(27)24-6-8-28-9-7-24/h2-5,10H,6-9H2,1H3,(H2,19,26)(H,20,21,22,23). The highest BCUT2D eigenvalue weighted by Gasteiger charge is 2.18. The number of amides is 2. The minimum atomic E-state index is -0.641. The number of aromatic nitrogens is 4. The van der Waals surface area contributed by atoms with Gasteiger partial charge in [-0.05, 0) is 30.5 Å². The highest BCUT2D eigenvalue weighted by molar-refractivity contribution is 7.98. The SMILES string of the molecule is CSc1nc(Nc2ccc(C(=O)N3CCOCC3)cc2)n2cc(C(N)=O)nc2n1. The minimum absolute atomic E-state index is 0.0188. The van der Waals surface area contributed by atoms with Crippen molar-refractivity contribution in [2.45, 2.75) is 5.16 Å². The Balaban J connectivity index is 1.59. The van der Waals surface area contributed by atoms with Crippen LogP contribution in [0.2, 0.25) is 0 Å². The molecule has 0 bridgehead atoms. The van der Waals surface area contributed by atoms with Crippen LogP contribution in [0.15, 0.2) is 35.6 Å². The van der Waals surface area contributed by atoms with Gasteiger partial charge in [-0.25, -0.2) is 4.98 Å². The fraction of sp³-hybridized carbons (Fsp3) is 0.278. The van der Waals surface area contributed by atoms with E-state index in [0.29, 0.717) is 48.7 Å². The van der Waals surface area contributed by atoms with Crippen molar-refractivity contribution in [2.24, 2.45) is 5.73 Å². The normalized spacial score (nSPS) is 14.2. The van der Waals surface area contributed by atoms with Gasteiger partial charge in [-0.2, -0.15) is 9.97 Å². The highest BCUT2D eigenvalue weighted by Crippen LogP contribution is 2.20. The molecule has 3 N–H and O–H groups in total. The molecular weight excluding hydrogens is 394 g/mol. The van der Waals surface area contributed by atoms with E-state index in [2.05, 4.69) is 20.3 Å².